The Kier molecular flexibility index (Phi) is 3.22. The number of nitrogens with zero attached hydrogens (tertiary/aromatic N) is 2. The second-order valence-electron chi connectivity index (χ2n) is 4.03. The fourth-order valence-corrected chi connectivity index (χ4v) is 1.92. The monoisotopic (exact) mass is 257 g/mol. The smallest absolute Gasteiger partial charge is 0.271 e. The van der Waals surface area contributed by atoms with Gasteiger partial charge >= 0.3 is 0 Å². The van der Waals surface area contributed by atoms with Gasteiger partial charge in [-0.1, -0.05) is 0 Å². The van der Waals surface area contributed by atoms with E-state index in [-0.39, 0.29) is 18.1 Å². The number of ether oxygens (including phenoxy) is 1. The van der Waals surface area contributed by atoms with E-state index in [1.54, 1.807) is 0 Å². The van der Waals surface area contributed by atoms with Crippen LogP contribution in [-0.4, -0.2) is 50.5 Å². The van der Waals surface area contributed by atoms with Gasteiger partial charge in [-0.05, 0) is 0 Å². The molecule has 1 amide bonds. The summed E-state index contributed by atoms with van der Waals surface area (Å²) in [5, 5.41) is 19.5. The predicted octanol–water partition coefficient (Wildman–Crippen LogP) is -2.86. The Hall–Kier alpha value is -1.68. The Bertz CT molecular complexity index is 462. The molecule has 1 aromatic rings. The molecule has 1 fully saturated rings. The van der Waals surface area contributed by atoms with Crippen molar-refractivity contribution in [3.8, 4) is 0 Å². The van der Waals surface area contributed by atoms with Crippen LogP contribution in [0.5, 0.6) is 0 Å². The van der Waals surface area contributed by atoms with Crippen LogP contribution in [0.1, 0.15) is 16.7 Å². The van der Waals surface area contributed by atoms with Gasteiger partial charge in [0.25, 0.3) is 5.91 Å². The first-order chi connectivity index (χ1) is 8.47. The molecule has 8 N–H and O–H groups in total. The third kappa shape index (κ3) is 1.82. The van der Waals surface area contributed by atoms with Gasteiger partial charge in [0.2, 0.25) is 0 Å². The Morgan fingerprint density at radius 1 is 1.50 bits per heavy atom. The number of aromatic nitrogens is 2. The van der Waals surface area contributed by atoms with E-state index in [1.165, 1.54) is 10.9 Å². The molecule has 9 nitrogen and oxygen atoms in total. The number of amides is 1. The molecule has 2 rings (SSSR count). The second-order valence-corrected chi connectivity index (χ2v) is 4.03. The number of nitrogen functional groups attached to an aromatic ring is 1. The lowest BCUT2D eigenvalue weighted by molar-refractivity contribution is -0.0330. The molecule has 0 radical (unpaired) electrons. The van der Waals surface area contributed by atoms with Crippen molar-refractivity contribution in [1.29, 1.82) is 0 Å². The Morgan fingerprint density at radius 3 is 2.61 bits per heavy atom. The van der Waals surface area contributed by atoms with Crippen LogP contribution in [0.25, 0.3) is 0 Å². The molecule has 4 atom stereocenters. The molecule has 100 valence electrons. The fraction of sp³-hybridized carbons (Fsp3) is 0.556. The predicted molar refractivity (Wildman–Crippen MR) is 60.1 cm³/mol. The van der Waals surface area contributed by atoms with Crippen molar-refractivity contribution in [2.24, 2.45) is 11.5 Å². The van der Waals surface area contributed by atoms with Crippen molar-refractivity contribution >= 4 is 11.7 Å². The molecule has 9 heteroatoms. The van der Waals surface area contributed by atoms with Crippen molar-refractivity contribution in [3.63, 3.8) is 0 Å². The van der Waals surface area contributed by atoms with Gasteiger partial charge in [0.05, 0.1) is 6.33 Å². The maximum atomic E-state index is 11.0. The van der Waals surface area contributed by atoms with Crippen LogP contribution >= 0.6 is 0 Å². The van der Waals surface area contributed by atoms with E-state index >= 15 is 0 Å². The van der Waals surface area contributed by atoms with E-state index in [2.05, 4.69) is 4.98 Å². The lowest BCUT2D eigenvalue weighted by Gasteiger charge is -2.17. The third-order valence-electron chi connectivity index (χ3n) is 2.91. The highest BCUT2D eigenvalue weighted by Crippen LogP contribution is 2.31. The van der Waals surface area contributed by atoms with Crippen LogP contribution in [0, 0.1) is 0 Å². The molecule has 1 aliphatic heterocycles. The highest BCUT2D eigenvalue weighted by Gasteiger charge is 2.43. The molecule has 0 bridgehead atoms. The van der Waals surface area contributed by atoms with Gasteiger partial charge in [0.1, 0.15) is 24.1 Å². The lowest BCUT2D eigenvalue weighted by atomic mass is 10.1. The van der Waals surface area contributed by atoms with Crippen molar-refractivity contribution in [2.75, 3.05) is 12.3 Å². The van der Waals surface area contributed by atoms with Crippen molar-refractivity contribution in [2.45, 2.75) is 24.5 Å². The van der Waals surface area contributed by atoms with E-state index in [0.717, 1.165) is 0 Å². The number of aliphatic hydroxyl groups is 2. The summed E-state index contributed by atoms with van der Waals surface area (Å²) in [4.78, 5) is 14.7. The van der Waals surface area contributed by atoms with E-state index in [0.29, 0.717) is 0 Å². The number of carbonyl (C=O) groups is 1. The number of imidazole rings is 1. The largest absolute Gasteiger partial charge is 0.387 e. The Morgan fingerprint density at radius 2 is 2.17 bits per heavy atom. The third-order valence-corrected chi connectivity index (χ3v) is 2.91. The van der Waals surface area contributed by atoms with Crippen LogP contribution < -0.4 is 17.2 Å². The van der Waals surface area contributed by atoms with Crippen LogP contribution in [-0.2, 0) is 4.74 Å². The molecule has 0 saturated carbocycles. The van der Waals surface area contributed by atoms with Gasteiger partial charge in [-0.15, -0.1) is 0 Å². The second kappa shape index (κ2) is 4.53. The zero-order chi connectivity index (χ0) is 13.4. The van der Waals surface area contributed by atoms with E-state index in [9.17, 15) is 15.0 Å². The summed E-state index contributed by atoms with van der Waals surface area (Å²) in [6, 6.07) is 0. The van der Waals surface area contributed by atoms with Crippen LogP contribution in [0.15, 0.2) is 6.33 Å². The van der Waals surface area contributed by atoms with E-state index < -0.39 is 30.4 Å². The Labute approximate surface area is 102 Å². The van der Waals surface area contributed by atoms with Crippen molar-refractivity contribution in [3.05, 3.63) is 12.0 Å². The van der Waals surface area contributed by atoms with Gasteiger partial charge in [0, 0.05) is 6.54 Å². The first-order valence-electron chi connectivity index (χ1n) is 5.31. The zero-order valence-electron chi connectivity index (χ0n) is 9.43. The summed E-state index contributed by atoms with van der Waals surface area (Å²) in [5.74, 6) is -0.814. The SMILES string of the molecule is NC[C@H]1O[C@@H](n2cnc(C(N)=O)c2N)[C@H](O)[C@@H]1O. The van der Waals surface area contributed by atoms with Gasteiger partial charge in [0.15, 0.2) is 11.9 Å². The summed E-state index contributed by atoms with van der Waals surface area (Å²) in [7, 11) is 0. The highest BCUT2D eigenvalue weighted by molar-refractivity contribution is 5.95. The van der Waals surface area contributed by atoms with E-state index in [1.807, 2.05) is 0 Å². The minimum Gasteiger partial charge on any atom is -0.387 e. The van der Waals surface area contributed by atoms with Crippen LogP contribution in [0.3, 0.4) is 0 Å². The molecular weight excluding hydrogens is 242 g/mol. The molecule has 0 aromatic carbocycles. The average molecular weight is 257 g/mol. The minimum absolute atomic E-state index is 0.0311. The summed E-state index contributed by atoms with van der Waals surface area (Å²) >= 11 is 0. The molecular formula is C9H15N5O4. The van der Waals surface area contributed by atoms with Crippen molar-refractivity contribution < 1.29 is 19.7 Å². The van der Waals surface area contributed by atoms with E-state index in [4.69, 9.17) is 21.9 Å². The van der Waals surface area contributed by atoms with Gasteiger partial charge in [-0.2, -0.15) is 0 Å². The number of hydrogen-bond donors (Lipinski definition) is 5. The number of anilines is 1. The van der Waals surface area contributed by atoms with Gasteiger partial charge < -0.3 is 32.2 Å². The fourth-order valence-electron chi connectivity index (χ4n) is 1.92. The quantitative estimate of drug-likeness (QED) is 0.389. The van der Waals surface area contributed by atoms with Gasteiger partial charge in [-0.25, -0.2) is 4.98 Å². The average Bonchev–Trinajstić information content (AvgIpc) is 2.82. The first-order valence-corrected chi connectivity index (χ1v) is 5.31. The number of aliphatic hydroxyl groups excluding tert-OH is 2. The molecule has 0 spiro atoms. The summed E-state index contributed by atoms with van der Waals surface area (Å²) in [6.45, 7) is 0.0476. The lowest BCUT2D eigenvalue weighted by Crippen LogP contribution is -2.35. The molecule has 1 aromatic heterocycles. The number of primary amides is 1. The number of nitrogens with two attached hydrogens (primary N) is 3. The molecule has 0 aliphatic carbocycles. The summed E-state index contributed by atoms with van der Waals surface area (Å²) < 4.78 is 6.60. The number of rotatable bonds is 3. The Balaban J connectivity index is 2.30. The molecule has 2 heterocycles. The zero-order valence-corrected chi connectivity index (χ0v) is 9.43. The van der Waals surface area contributed by atoms with Crippen molar-refractivity contribution in [1.82, 2.24) is 9.55 Å². The minimum atomic E-state index is -1.21. The number of carbonyl (C=O) groups excluding carboxylic acids is 1. The topological polar surface area (TPSA) is 163 Å². The standard InChI is InChI=1S/C9H15N5O4/c10-1-3-5(15)6(16)9(18-3)14-2-13-4(7(14)11)8(12)17/h2-3,5-6,9,15-16H,1,10-11H2,(H2,12,17)/t3-,5-,6-,9-/m1/s1. The molecule has 1 saturated heterocycles. The van der Waals surface area contributed by atoms with Crippen LogP contribution in [0.4, 0.5) is 5.82 Å². The number of hydrogen-bond acceptors (Lipinski definition) is 7. The highest BCUT2D eigenvalue weighted by atomic mass is 16.6. The van der Waals surface area contributed by atoms with Gasteiger partial charge in [-0.3, -0.25) is 9.36 Å². The molecule has 0 unspecified atom stereocenters. The first kappa shape index (κ1) is 12.8. The molecule has 18 heavy (non-hydrogen) atoms. The maximum absolute atomic E-state index is 11.0. The van der Waals surface area contributed by atoms with Crippen LogP contribution in [0.2, 0.25) is 0 Å². The summed E-state index contributed by atoms with van der Waals surface area (Å²) in [5.41, 5.74) is 16.0. The normalized spacial score (nSPS) is 31.7. The molecule has 1 aliphatic rings. The summed E-state index contributed by atoms with van der Waals surface area (Å²) in [6.07, 6.45) is -2.78. The maximum Gasteiger partial charge on any atom is 0.271 e.